The molecule has 36 heavy (non-hydrogen) atoms. The van der Waals surface area contributed by atoms with Crippen molar-refractivity contribution in [3.8, 4) is 0 Å². The number of piperidine rings is 2. The lowest BCUT2D eigenvalue weighted by Crippen LogP contribution is -2.54. The molecule has 0 saturated carbocycles. The zero-order chi connectivity index (χ0) is 25.1. The van der Waals surface area contributed by atoms with Crippen LogP contribution in [-0.4, -0.2) is 84.4 Å². The molecule has 0 aromatic heterocycles. The van der Waals surface area contributed by atoms with Crippen LogP contribution in [0.4, 0.5) is 0 Å². The van der Waals surface area contributed by atoms with Gasteiger partial charge in [-0.1, -0.05) is 18.9 Å². The summed E-state index contributed by atoms with van der Waals surface area (Å²) in [6.07, 6.45) is 8.80. The van der Waals surface area contributed by atoms with Gasteiger partial charge in [-0.15, -0.1) is 0 Å². The zero-order valence-electron chi connectivity index (χ0n) is 20.8. The van der Waals surface area contributed by atoms with Crippen molar-refractivity contribution in [3.05, 3.63) is 34.9 Å². The third kappa shape index (κ3) is 5.53. The molecule has 4 aliphatic heterocycles. The van der Waals surface area contributed by atoms with E-state index in [4.69, 9.17) is 4.74 Å². The van der Waals surface area contributed by atoms with Crippen molar-refractivity contribution in [2.24, 2.45) is 0 Å². The van der Waals surface area contributed by atoms with Gasteiger partial charge in [0.05, 0.1) is 23.3 Å². The van der Waals surface area contributed by atoms with Gasteiger partial charge in [0.25, 0.3) is 11.8 Å². The molecule has 4 heterocycles. The molecule has 3 fully saturated rings. The molecule has 194 valence electrons. The molecule has 0 radical (unpaired) electrons. The summed E-state index contributed by atoms with van der Waals surface area (Å²) >= 11 is 0. The highest BCUT2D eigenvalue weighted by Gasteiger charge is 2.44. The number of likely N-dealkylation sites (tertiary alicyclic amines) is 1. The Balaban J connectivity index is 1.02. The summed E-state index contributed by atoms with van der Waals surface area (Å²) in [5, 5.41) is 5.49. The summed E-state index contributed by atoms with van der Waals surface area (Å²) in [4.78, 5) is 53.0. The number of ether oxygens (including phenoxy) is 1. The molecule has 4 amide bonds. The van der Waals surface area contributed by atoms with Crippen molar-refractivity contribution in [2.45, 2.75) is 76.0 Å². The van der Waals surface area contributed by atoms with Gasteiger partial charge < -0.3 is 15.0 Å². The topological polar surface area (TPSA) is 108 Å². The van der Waals surface area contributed by atoms with Crippen molar-refractivity contribution in [1.82, 2.24) is 20.4 Å². The van der Waals surface area contributed by atoms with Gasteiger partial charge in [0.2, 0.25) is 11.8 Å². The summed E-state index contributed by atoms with van der Waals surface area (Å²) in [7, 11) is 0. The fourth-order valence-corrected chi connectivity index (χ4v) is 5.59. The third-order valence-corrected chi connectivity index (χ3v) is 7.86. The maximum Gasteiger partial charge on any atom is 0.262 e. The minimum atomic E-state index is -0.920. The lowest BCUT2D eigenvalue weighted by atomic mass is 10.0. The molecule has 0 spiro atoms. The largest absolute Gasteiger partial charge is 0.372 e. The molecule has 1 aromatic rings. The van der Waals surface area contributed by atoms with E-state index >= 15 is 0 Å². The van der Waals surface area contributed by atoms with E-state index in [1.54, 1.807) is 12.1 Å². The van der Waals surface area contributed by atoms with Crippen LogP contribution >= 0.6 is 0 Å². The maximum absolute atomic E-state index is 13.0. The Kier molecular flexibility index (Phi) is 7.79. The minimum Gasteiger partial charge on any atom is -0.372 e. The number of imide groups is 2. The van der Waals surface area contributed by atoms with Gasteiger partial charge in [-0.25, -0.2) is 0 Å². The third-order valence-electron chi connectivity index (χ3n) is 7.86. The van der Waals surface area contributed by atoms with Crippen molar-refractivity contribution in [3.63, 3.8) is 0 Å². The standard InChI is InChI=1S/C27H36N4O5/c32-24-9-8-23(25(33)29-24)31-26(34)21-7-6-18(15-22(21)27(31)35)5-3-1-2-4-12-30-13-10-19(11-14-30)36-20-16-28-17-20/h6-7,15,19-20,23,28H,1-5,8-14,16-17H2,(H,29,32,33). The highest BCUT2D eigenvalue weighted by Crippen LogP contribution is 2.29. The van der Waals surface area contributed by atoms with Gasteiger partial charge in [0, 0.05) is 32.6 Å². The predicted molar refractivity (Wildman–Crippen MR) is 132 cm³/mol. The van der Waals surface area contributed by atoms with Crippen LogP contribution in [0.3, 0.4) is 0 Å². The molecule has 1 atom stereocenters. The van der Waals surface area contributed by atoms with Crippen LogP contribution in [0.5, 0.6) is 0 Å². The fourth-order valence-electron chi connectivity index (χ4n) is 5.59. The van der Waals surface area contributed by atoms with E-state index in [1.165, 1.54) is 12.8 Å². The lowest BCUT2D eigenvalue weighted by Gasteiger charge is -2.36. The van der Waals surface area contributed by atoms with Gasteiger partial charge in [0.15, 0.2) is 0 Å². The van der Waals surface area contributed by atoms with Gasteiger partial charge in [-0.2, -0.15) is 0 Å². The number of unbranched alkanes of at least 4 members (excludes halogenated alkanes) is 3. The van der Waals surface area contributed by atoms with E-state index in [1.807, 2.05) is 6.07 Å². The molecule has 9 heteroatoms. The number of carbonyl (C=O) groups is 4. The van der Waals surface area contributed by atoms with Crippen LogP contribution in [0.15, 0.2) is 18.2 Å². The molecule has 1 aromatic carbocycles. The first-order chi connectivity index (χ1) is 17.5. The van der Waals surface area contributed by atoms with Crippen LogP contribution in [0, 0.1) is 0 Å². The molecule has 0 bridgehead atoms. The second-order valence-corrected chi connectivity index (χ2v) is 10.4. The quantitative estimate of drug-likeness (QED) is 0.375. The Morgan fingerprint density at radius 2 is 1.61 bits per heavy atom. The van der Waals surface area contributed by atoms with E-state index in [0.29, 0.717) is 23.3 Å². The molecule has 3 saturated heterocycles. The van der Waals surface area contributed by atoms with Crippen molar-refractivity contribution >= 4 is 23.6 Å². The highest BCUT2D eigenvalue weighted by molar-refractivity contribution is 6.23. The highest BCUT2D eigenvalue weighted by atomic mass is 16.5. The van der Waals surface area contributed by atoms with Crippen molar-refractivity contribution in [1.29, 1.82) is 0 Å². The van der Waals surface area contributed by atoms with Gasteiger partial charge >= 0.3 is 0 Å². The number of amides is 4. The Morgan fingerprint density at radius 1 is 0.861 bits per heavy atom. The average Bonchev–Trinajstić information content (AvgIpc) is 3.09. The summed E-state index contributed by atoms with van der Waals surface area (Å²) in [5.41, 5.74) is 1.74. The molecule has 5 rings (SSSR count). The zero-order valence-corrected chi connectivity index (χ0v) is 20.8. The summed E-state index contributed by atoms with van der Waals surface area (Å²) in [6.45, 7) is 5.40. The maximum atomic E-state index is 13.0. The fraction of sp³-hybridized carbons (Fsp3) is 0.630. The molecular formula is C27H36N4O5. The summed E-state index contributed by atoms with van der Waals surface area (Å²) in [6, 6.07) is 4.49. The Labute approximate surface area is 211 Å². The van der Waals surface area contributed by atoms with Crippen LogP contribution < -0.4 is 10.6 Å². The van der Waals surface area contributed by atoms with E-state index in [2.05, 4.69) is 15.5 Å². The number of nitrogens with zero attached hydrogens (tertiary/aromatic N) is 2. The summed E-state index contributed by atoms with van der Waals surface area (Å²) < 4.78 is 6.10. The van der Waals surface area contributed by atoms with Crippen LogP contribution in [0.25, 0.3) is 0 Å². The van der Waals surface area contributed by atoms with E-state index < -0.39 is 23.8 Å². The average molecular weight is 497 g/mol. The Bertz CT molecular complexity index is 1020. The van der Waals surface area contributed by atoms with Gasteiger partial charge in [-0.3, -0.25) is 29.4 Å². The normalized spacial score (nSPS) is 23.7. The second kappa shape index (κ2) is 11.2. The molecular weight excluding hydrogens is 460 g/mol. The number of rotatable bonds is 10. The predicted octanol–water partition coefficient (Wildman–Crippen LogP) is 1.64. The minimum absolute atomic E-state index is 0.125. The number of benzene rings is 1. The molecule has 1 unspecified atom stereocenters. The number of aryl methyl sites for hydroxylation is 1. The van der Waals surface area contributed by atoms with Crippen LogP contribution in [0.1, 0.15) is 77.6 Å². The Morgan fingerprint density at radius 3 is 2.33 bits per heavy atom. The number of hydrogen-bond acceptors (Lipinski definition) is 7. The molecule has 4 aliphatic rings. The van der Waals surface area contributed by atoms with Crippen molar-refractivity contribution in [2.75, 3.05) is 32.7 Å². The van der Waals surface area contributed by atoms with E-state index in [0.717, 1.165) is 75.3 Å². The Hall–Kier alpha value is -2.62. The number of fused-ring (bicyclic) bond motifs is 1. The molecule has 2 N–H and O–H groups in total. The molecule has 0 aliphatic carbocycles. The van der Waals surface area contributed by atoms with Crippen LogP contribution in [0.2, 0.25) is 0 Å². The van der Waals surface area contributed by atoms with Gasteiger partial charge in [0.1, 0.15) is 6.04 Å². The molecule has 9 nitrogen and oxygen atoms in total. The van der Waals surface area contributed by atoms with E-state index in [9.17, 15) is 19.2 Å². The van der Waals surface area contributed by atoms with E-state index in [-0.39, 0.29) is 18.7 Å². The first-order valence-corrected chi connectivity index (χ1v) is 13.4. The smallest absolute Gasteiger partial charge is 0.262 e. The van der Waals surface area contributed by atoms with Crippen LogP contribution in [-0.2, 0) is 20.7 Å². The monoisotopic (exact) mass is 496 g/mol. The number of hydrogen-bond donors (Lipinski definition) is 2. The van der Waals surface area contributed by atoms with Crippen molar-refractivity contribution < 1.29 is 23.9 Å². The summed E-state index contributed by atoms with van der Waals surface area (Å²) in [5.74, 6) is -1.84. The van der Waals surface area contributed by atoms with Gasteiger partial charge in [-0.05, 0) is 62.8 Å². The SMILES string of the molecule is O=C1CCC(N2C(=O)c3ccc(CCCCCCN4CCC(OC5CNC5)CC4)cc3C2=O)C(=O)N1. The lowest BCUT2D eigenvalue weighted by molar-refractivity contribution is -0.136. The first kappa shape index (κ1) is 25.0. The number of nitrogens with one attached hydrogen (secondary N) is 2. The number of carbonyl (C=O) groups excluding carboxylic acids is 4. The second-order valence-electron chi connectivity index (χ2n) is 10.4. The first-order valence-electron chi connectivity index (χ1n) is 13.4.